The smallest absolute Gasteiger partial charge is 0.300 e. The Labute approximate surface area is 116 Å². The molecule has 1 saturated carbocycles. The first-order valence-electron chi connectivity index (χ1n) is 6.66. The molecule has 1 amide bonds. The summed E-state index contributed by atoms with van der Waals surface area (Å²) in [5.41, 5.74) is -0.434. The second-order valence-corrected chi connectivity index (χ2v) is 5.29. The molecule has 1 aromatic rings. The van der Waals surface area contributed by atoms with Crippen LogP contribution in [0.25, 0.3) is 0 Å². The molecule has 7 nitrogen and oxygen atoms in total. The van der Waals surface area contributed by atoms with E-state index >= 15 is 0 Å². The van der Waals surface area contributed by atoms with Crippen molar-refractivity contribution in [3.8, 4) is 0 Å². The molecule has 0 aromatic carbocycles. The highest BCUT2D eigenvalue weighted by Gasteiger charge is 2.39. The van der Waals surface area contributed by atoms with E-state index in [0.717, 1.165) is 25.5 Å². The minimum Gasteiger partial charge on any atom is -0.370 e. The summed E-state index contributed by atoms with van der Waals surface area (Å²) in [7, 11) is 0. The SMILES string of the molecule is CCCNc1cc(C(=O)NC2(C)CC2)c([N+](=O)[O-])cn1. The number of nitrogens with one attached hydrogen (secondary N) is 2. The number of hydrogen-bond donors (Lipinski definition) is 2. The molecule has 108 valence electrons. The van der Waals surface area contributed by atoms with Crippen LogP contribution < -0.4 is 10.6 Å². The van der Waals surface area contributed by atoms with Crippen molar-refractivity contribution in [3.05, 3.63) is 27.9 Å². The zero-order valence-electron chi connectivity index (χ0n) is 11.6. The normalized spacial score (nSPS) is 15.5. The van der Waals surface area contributed by atoms with Crippen LogP contribution >= 0.6 is 0 Å². The average molecular weight is 278 g/mol. The van der Waals surface area contributed by atoms with E-state index in [1.807, 2.05) is 13.8 Å². The van der Waals surface area contributed by atoms with Gasteiger partial charge in [-0.05, 0) is 26.2 Å². The zero-order valence-corrected chi connectivity index (χ0v) is 11.6. The molecule has 2 N–H and O–H groups in total. The molecule has 1 aliphatic carbocycles. The standard InChI is InChI=1S/C13H18N4O3/c1-3-6-14-11-7-9(10(8-15-11)17(19)20)12(18)16-13(2)4-5-13/h7-8H,3-6H2,1-2H3,(H,14,15)(H,16,18). The van der Waals surface area contributed by atoms with Gasteiger partial charge in [0.1, 0.15) is 17.6 Å². The minimum atomic E-state index is -0.583. The van der Waals surface area contributed by atoms with Gasteiger partial charge in [0.05, 0.1) is 4.92 Å². The lowest BCUT2D eigenvalue weighted by Crippen LogP contribution is -2.34. The van der Waals surface area contributed by atoms with Crippen molar-refractivity contribution in [1.29, 1.82) is 0 Å². The summed E-state index contributed by atoms with van der Waals surface area (Å²) >= 11 is 0. The van der Waals surface area contributed by atoms with Gasteiger partial charge in [-0.2, -0.15) is 0 Å². The van der Waals surface area contributed by atoms with E-state index in [1.54, 1.807) is 0 Å². The van der Waals surface area contributed by atoms with Crippen molar-refractivity contribution in [1.82, 2.24) is 10.3 Å². The van der Waals surface area contributed by atoms with Gasteiger partial charge >= 0.3 is 0 Å². The molecule has 0 saturated heterocycles. The Morgan fingerprint density at radius 1 is 1.55 bits per heavy atom. The number of anilines is 1. The van der Waals surface area contributed by atoms with Crippen molar-refractivity contribution in [2.24, 2.45) is 0 Å². The van der Waals surface area contributed by atoms with Crippen molar-refractivity contribution in [3.63, 3.8) is 0 Å². The highest BCUT2D eigenvalue weighted by molar-refractivity contribution is 5.99. The average Bonchev–Trinajstić information content (AvgIpc) is 3.13. The lowest BCUT2D eigenvalue weighted by Gasteiger charge is -2.12. The maximum atomic E-state index is 12.2. The number of amides is 1. The fourth-order valence-corrected chi connectivity index (χ4v) is 1.78. The lowest BCUT2D eigenvalue weighted by molar-refractivity contribution is -0.385. The van der Waals surface area contributed by atoms with Crippen LogP contribution in [-0.4, -0.2) is 27.9 Å². The number of rotatable bonds is 6. The molecule has 1 aromatic heterocycles. The molecule has 20 heavy (non-hydrogen) atoms. The van der Waals surface area contributed by atoms with Crippen LogP contribution in [0.5, 0.6) is 0 Å². The van der Waals surface area contributed by atoms with Gasteiger partial charge in [0, 0.05) is 18.2 Å². The largest absolute Gasteiger partial charge is 0.370 e. The minimum absolute atomic E-state index is 0.0525. The molecule has 0 unspecified atom stereocenters. The number of pyridine rings is 1. The molecular weight excluding hydrogens is 260 g/mol. The van der Waals surface area contributed by atoms with E-state index in [4.69, 9.17) is 0 Å². The van der Waals surface area contributed by atoms with Crippen LogP contribution in [-0.2, 0) is 0 Å². The van der Waals surface area contributed by atoms with Crippen molar-refractivity contribution in [2.45, 2.75) is 38.6 Å². The highest BCUT2D eigenvalue weighted by atomic mass is 16.6. The molecule has 0 bridgehead atoms. The zero-order chi connectivity index (χ0) is 14.8. The monoisotopic (exact) mass is 278 g/mol. The number of aromatic nitrogens is 1. The molecule has 0 atom stereocenters. The summed E-state index contributed by atoms with van der Waals surface area (Å²) in [6.07, 6.45) is 3.83. The Morgan fingerprint density at radius 2 is 2.25 bits per heavy atom. The Hall–Kier alpha value is -2.18. The Balaban J connectivity index is 2.26. The predicted octanol–water partition coefficient (Wildman–Crippen LogP) is 2.09. The number of nitrogens with zero attached hydrogens (tertiary/aromatic N) is 2. The molecule has 0 radical (unpaired) electrons. The topological polar surface area (TPSA) is 97.2 Å². The Morgan fingerprint density at radius 3 is 2.80 bits per heavy atom. The van der Waals surface area contributed by atoms with Crippen molar-refractivity contribution >= 4 is 17.4 Å². The summed E-state index contributed by atoms with van der Waals surface area (Å²) in [6, 6.07) is 1.44. The third-order valence-electron chi connectivity index (χ3n) is 3.30. The first-order valence-corrected chi connectivity index (χ1v) is 6.66. The van der Waals surface area contributed by atoms with Gasteiger partial charge in [0.2, 0.25) is 0 Å². The second-order valence-electron chi connectivity index (χ2n) is 5.29. The van der Waals surface area contributed by atoms with Crippen molar-refractivity contribution < 1.29 is 9.72 Å². The van der Waals surface area contributed by atoms with Gasteiger partial charge < -0.3 is 10.6 Å². The summed E-state index contributed by atoms with van der Waals surface area (Å²) in [5, 5.41) is 16.8. The summed E-state index contributed by atoms with van der Waals surface area (Å²) < 4.78 is 0. The first kappa shape index (κ1) is 14.2. The summed E-state index contributed by atoms with van der Waals surface area (Å²) in [4.78, 5) is 26.6. The van der Waals surface area contributed by atoms with Gasteiger partial charge in [-0.15, -0.1) is 0 Å². The predicted molar refractivity (Wildman–Crippen MR) is 74.8 cm³/mol. The Kier molecular flexibility index (Phi) is 3.87. The molecular formula is C13H18N4O3. The highest BCUT2D eigenvalue weighted by Crippen LogP contribution is 2.35. The molecule has 7 heteroatoms. The maximum Gasteiger partial charge on any atom is 0.300 e. The van der Waals surface area contributed by atoms with E-state index in [-0.39, 0.29) is 16.8 Å². The van der Waals surface area contributed by atoms with Crippen LogP contribution in [0.1, 0.15) is 43.5 Å². The number of carbonyl (C=O) groups is 1. The molecule has 0 aliphatic heterocycles. The summed E-state index contributed by atoms with van der Waals surface area (Å²) in [5.74, 6) is 0.0576. The Bertz CT molecular complexity index is 540. The third-order valence-corrected chi connectivity index (χ3v) is 3.30. The molecule has 1 fully saturated rings. The number of hydrogen-bond acceptors (Lipinski definition) is 5. The van der Waals surface area contributed by atoms with E-state index in [9.17, 15) is 14.9 Å². The van der Waals surface area contributed by atoms with Gasteiger partial charge in [-0.3, -0.25) is 14.9 Å². The van der Waals surface area contributed by atoms with Crippen molar-refractivity contribution in [2.75, 3.05) is 11.9 Å². The van der Waals surface area contributed by atoms with Gasteiger partial charge in [-0.25, -0.2) is 4.98 Å². The lowest BCUT2D eigenvalue weighted by atomic mass is 10.2. The van der Waals surface area contributed by atoms with Crippen LogP contribution in [0.3, 0.4) is 0 Å². The number of carbonyl (C=O) groups excluding carboxylic acids is 1. The quantitative estimate of drug-likeness (QED) is 0.613. The van der Waals surface area contributed by atoms with E-state index in [0.29, 0.717) is 12.4 Å². The van der Waals surface area contributed by atoms with Gasteiger partial charge in [-0.1, -0.05) is 6.92 Å². The molecule has 2 rings (SSSR count). The van der Waals surface area contributed by atoms with E-state index < -0.39 is 10.8 Å². The molecule has 1 heterocycles. The maximum absolute atomic E-state index is 12.2. The van der Waals surface area contributed by atoms with E-state index in [1.165, 1.54) is 6.07 Å². The fourth-order valence-electron chi connectivity index (χ4n) is 1.78. The van der Waals surface area contributed by atoms with Gasteiger partial charge in [0.25, 0.3) is 11.6 Å². The number of nitro groups is 1. The summed E-state index contributed by atoms with van der Waals surface area (Å²) in [6.45, 7) is 4.62. The van der Waals surface area contributed by atoms with Crippen LogP contribution in [0.4, 0.5) is 11.5 Å². The fraction of sp³-hybridized carbons (Fsp3) is 0.538. The van der Waals surface area contributed by atoms with E-state index in [2.05, 4.69) is 15.6 Å². The second kappa shape index (κ2) is 5.44. The first-order chi connectivity index (χ1) is 9.45. The van der Waals surface area contributed by atoms with Gasteiger partial charge in [0.15, 0.2) is 0 Å². The van der Waals surface area contributed by atoms with Crippen LogP contribution in [0.15, 0.2) is 12.3 Å². The molecule has 1 aliphatic rings. The van der Waals surface area contributed by atoms with Crippen LogP contribution in [0.2, 0.25) is 0 Å². The molecule has 0 spiro atoms. The third kappa shape index (κ3) is 3.23. The van der Waals surface area contributed by atoms with Crippen LogP contribution in [0, 0.1) is 10.1 Å².